The third kappa shape index (κ3) is 3.95. The van der Waals surface area contributed by atoms with E-state index >= 15 is 0 Å². The van der Waals surface area contributed by atoms with Crippen molar-refractivity contribution in [3.05, 3.63) is 64.8 Å². The van der Waals surface area contributed by atoms with Gasteiger partial charge in [-0.2, -0.15) is 4.98 Å². The van der Waals surface area contributed by atoms with Crippen LogP contribution in [-0.4, -0.2) is 21.0 Å². The summed E-state index contributed by atoms with van der Waals surface area (Å²) in [7, 11) is 0. The fraction of sp³-hybridized carbons (Fsp3) is 0.158. The minimum Gasteiger partial charge on any atom is -0.485 e. The largest absolute Gasteiger partial charge is 0.485 e. The van der Waals surface area contributed by atoms with Crippen LogP contribution in [0.2, 0.25) is 0 Å². The van der Waals surface area contributed by atoms with E-state index in [0.29, 0.717) is 23.0 Å². The van der Waals surface area contributed by atoms with Gasteiger partial charge in [-0.05, 0) is 49.4 Å². The summed E-state index contributed by atoms with van der Waals surface area (Å²) in [4.78, 5) is 20.9. The smallest absolute Gasteiger partial charge is 0.255 e. The summed E-state index contributed by atoms with van der Waals surface area (Å²) in [6.07, 6.45) is 0. The predicted octanol–water partition coefficient (Wildman–Crippen LogP) is 4.13. The quantitative estimate of drug-likeness (QED) is 0.560. The Balaban J connectivity index is 1.40. The summed E-state index contributed by atoms with van der Waals surface area (Å²) in [6.45, 7) is 3.89. The van der Waals surface area contributed by atoms with Gasteiger partial charge in [0.15, 0.2) is 6.61 Å². The molecule has 0 aliphatic heterocycles. The van der Waals surface area contributed by atoms with Crippen LogP contribution in [0.3, 0.4) is 0 Å². The van der Waals surface area contributed by atoms with Crippen LogP contribution in [0.1, 0.15) is 27.1 Å². The summed E-state index contributed by atoms with van der Waals surface area (Å²) in [5, 5.41) is 7.67. The molecule has 0 saturated heterocycles. The maximum atomic E-state index is 12.5. The molecule has 0 saturated carbocycles. The van der Waals surface area contributed by atoms with Gasteiger partial charge in [-0.15, -0.1) is 11.3 Å². The highest BCUT2D eigenvalue weighted by atomic mass is 32.1. The number of aryl methyl sites for hydroxylation is 2. The summed E-state index contributed by atoms with van der Waals surface area (Å²) < 4.78 is 11.5. The number of anilines is 1. The lowest BCUT2D eigenvalue weighted by Crippen LogP contribution is -2.11. The lowest BCUT2D eigenvalue weighted by Gasteiger charge is -2.07. The highest BCUT2D eigenvalue weighted by Gasteiger charge is 2.09. The Morgan fingerprint density at radius 1 is 1.15 bits per heavy atom. The van der Waals surface area contributed by atoms with E-state index in [4.69, 9.17) is 9.26 Å². The number of amides is 1. The summed E-state index contributed by atoms with van der Waals surface area (Å²) in [6, 6.07) is 12.6. The number of nitrogens with one attached hydrogen (secondary N) is 1. The first kappa shape index (κ1) is 17.2. The van der Waals surface area contributed by atoms with Gasteiger partial charge < -0.3 is 14.6 Å². The van der Waals surface area contributed by atoms with Crippen LogP contribution >= 0.6 is 11.3 Å². The van der Waals surface area contributed by atoms with Crippen molar-refractivity contribution in [1.82, 2.24) is 15.1 Å². The molecule has 0 bridgehead atoms. The van der Waals surface area contributed by atoms with E-state index in [1.807, 2.05) is 25.1 Å². The Labute approximate surface area is 159 Å². The molecule has 136 valence electrons. The first-order chi connectivity index (χ1) is 13.1. The molecule has 2 aromatic heterocycles. The highest BCUT2D eigenvalue weighted by molar-refractivity contribution is 7.18. The molecule has 2 aromatic carbocycles. The van der Waals surface area contributed by atoms with Gasteiger partial charge in [0.2, 0.25) is 11.7 Å². The Bertz CT molecular complexity index is 1100. The van der Waals surface area contributed by atoms with Gasteiger partial charge in [0.05, 0.1) is 15.2 Å². The molecule has 0 aliphatic carbocycles. The number of thiazole rings is 1. The van der Waals surface area contributed by atoms with Crippen molar-refractivity contribution >= 4 is 33.1 Å². The average Bonchev–Trinajstić information content (AvgIpc) is 3.24. The van der Waals surface area contributed by atoms with E-state index in [1.165, 1.54) is 0 Å². The third-order valence-corrected chi connectivity index (χ3v) is 4.74. The van der Waals surface area contributed by atoms with E-state index in [1.54, 1.807) is 42.5 Å². The third-order valence-electron chi connectivity index (χ3n) is 3.81. The second-order valence-corrected chi connectivity index (χ2v) is 7.15. The van der Waals surface area contributed by atoms with Gasteiger partial charge in [-0.3, -0.25) is 4.79 Å². The molecular formula is C19H16N4O3S. The lowest BCUT2D eigenvalue weighted by molar-refractivity contribution is 0.102. The number of benzene rings is 2. The number of aromatic nitrogens is 3. The molecule has 0 radical (unpaired) electrons. The second-order valence-electron chi connectivity index (χ2n) is 5.91. The number of nitrogens with zero attached hydrogens (tertiary/aromatic N) is 3. The van der Waals surface area contributed by atoms with Crippen LogP contribution in [-0.2, 0) is 6.61 Å². The first-order valence-electron chi connectivity index (χ1n) is 8.27. The zero-order chi connectivity index (χ0) is 18.8. The van der Waals surface area contributed by atoms with Crippen molar-refractivity contribution in [2.24, 2.45) is 0 Å². The number of hydrogen-bond acceptors (Lipinski definition) is 7. The number of rotatable bonds is 5. The highest BCUT2D eigenvalue weighted by Crippen LogP contribution is 2.25. The fourth-order valence-electron chi connectivity index (χ4n) is 2.57. The monoisotopic (exact) mass is 380 g/mol. The molecule has 0 aliphatic rings. The lowest BCUT2D eigenvalue weighted by atomic mass is 10.2. The molecular weight excluding hydrogens is 364 g/mol. The molecule has 27 heavy (non-hydrogen) atoms. The molecule has 7 nitrogen and oxygen atoms in total. The van der Waals surface area contributed by atoms with E-state index in [2.05, 4.69) is 20.4 Å². The van der Waals surface area contributed by atoms with Crippen molar-refractivity contribution in [1.29, 1.82) is 0 Å². The van der Waals surface area contributed by atoms with Crippen LogP contribution in [0, 0.1) is 13.8 Å². The maximum Gasteiger partial charge on any atom is 0.255 e. The van der Waals surface area contributed by atoms with Gasteiger partial charge in [-0.25, -0.2) is 4.98 Å². The Morgan fingerprint density at radius 2 is 1.96 bits per heavy atom. The number of carbonyl (C=O) groups is 1. The van der Waals surface area contributed by atoms with Crippen molar-refractivity contribution in [3.63, 3.8) is 0 Å². The summed E-state index contributed by atoms with van der Waals surface area (Å²) in [5.41, 5.74) is 2.22. The van der Waals surface area contributed by atoms with Gasteiger partial charge in [0.25, 0.3) is 5.91 Å². The minimum absolute atomic E-state index is 0.184. The second kappa shape index (κ2) is 7.16. The molecule has 8 heteroatoms. The summed E-state index contributed by atoms with van der Waals surface area (Å²) >= 11 is 1.60. The number of ether oxygens (including phenoxy) is 1. The van der Waals surface area contributed by atoms with Gasteiger partial charge in [0.1, 0.15) is 5.75 Å². The normalized spacial score (nSPS) is 10.9. The number of fused-ring (bicyclic) bond motifs is 1. The van der Waals surface area contributed by atoms with E-state index < -0.39 is 0 Å². The standard InChI is InChI=1S/C19H16N4O3S/c1-11-20-18(23-26-11)10-25-15-6-3-13(4-7-15)19(24)22-14-5-8-16-17(9-14)27-12(2)21-16/h3-9H,10H2,1-2H3,(H,22,24). The van der Waals surface area contributed by atoms with Crippen molar-refractivity contribution < 1.29 is 14.1 Å². The fourth-order valence-corrected chi connectivity index (χ4v) is 3.44. The molecule has 1 amide bonds. The van der Waals surface area contributed by atoms with Crippen LogP contribution in [0.4, 0.5) is 5.69 Å². The average molecular weight is 380 g/mol. The topological polar surface area (TPSA) is 90.1 Å². The summed E-state index contributed by atoms with van der Waals surface area (Å²) in [5.74, 6) is 1.40. The minimum atomic E-state index is -0.184. The molecule has 0 unspecified atom stereocenters. The van der Waals surface area contributed by atoms with E-state index in [9.17, 15) is 4.79 Å². The Kier molecular flexibility index (Phi) is 4.55. The van der Waals surface area contributed by atoms with E-state index in [-0.39, 0.29) is 12.5 Å². The molecule has 4 aromatic rings. The SMILES string of the molecule is Cc1nc(COc2ccc(C(=O)Nc3ccc4nc(C)sc4c3)cc2)no1. The number of hydrogen-bond donors (Lipinski definition) is 1. The van der Waals surface area contributed by atoms with Crippen molar-refractivity contribution in [2.75, 3.05) is 5.32 Å². The molecule has 0 spiro atoms. The first-order valence-corrected chi connectivity index (χ1v) is 9.09. The zero-order valence-corrected chi connectivity index (χ0v) is 15.5. The molecule has 1 N–H and O–H groups in total. The maximum absolute atomic E-state index is 12.5. The Morgan fingerprint density at radius 3 is 2.70 bits per heavy atom. The van der Waals surface area contributed by atoms with Crippen molar-refractivity contribution in [2.45, 2.75) is 20.5 Å². The van der Waals surface area contributed by atoms with Crippen molar-refractivity contribution in [3.8, 4) is 5.75 Å². The van der Waals surface area contributed by atoms with E-state index in [0.717, 1.165) is 20.9 Å². The van der Waals surface area contributed by atoms with Crippen LogP contribution < -0.4 is 10.1 Å². The molecule has 0 atom stereocenters. The van der Waals surface area contributed by atoms with Crippen LogP contribution in [0.25, 0.3) is 10.2 Å². The molecule has 2 heterocycles. The predicted molar refractivity (Wildman–Crippen MR) is 102 cm³/mol. The van der Waals surface area contributed by atoms with Crippen LogP contribution in [0.5, 0.6) is 5.75 Å². The number of carbonyl (C=O) groups excluding carboxylic acids is 1. The molecule has 4 rings (SSSR count). The van der Waals surface area contributed by atoms with Crippen LogP contribution in [0.15, 0.2) is 47.0 Å². The molecule has 0 fully saturated rings. The van der Waals surface area contributed by atoms with Gasteiger partial charge in [-0.1, -0.05) is 5.16 Å². The Hall–Kier alpha value is -3.26. The zero-order valence-electron chi connectivity index (χ0n) is 14.7. The van der Waals surface area contributed by atoms with Gasteiger partial charge >= 0.3 is 0 Å². The van der Waals surface area contributed by atoms with Gasteiger partial charge in [0, 0.05) is 18.2 Å².